The summed E-state index contributed by atoms with van der Waals surface area (Å²) < 4.78 is 0. The molecule has 0 spiro atoms. The third kappa shape index (κ3) is 4.32. The average Bonchev–Trinajstić information content (AvgIpc) is 2.11. The molecule has 0 aliphatic carbocycles. The van der Waals surface area contributed by atoms with E-state index >= 15 is 0 Å². The lowest BCUT2D eigenvalue weighted by Crippen LogP contribution is -2.38. The van der Waals surface area contributed by atoms with Gasteiger partial charge >= 0.3 is 0 Å². The average molecular weight is 213 g/mol. The molecule has 0 aromatic rings. The summed E-state index contributed by atoms with van der Waals surface area (Å²) in [4.78, 5) is 15.7. The minimum absolute atomic E-state index is 0.0204. The van der Waals surface area contributed by atoms with Crippen molar-refractivity contribution < 1.29 is 4.79 Å². The SMILES string of the molecule is CNC(=O)C(C)(C)CN=C(N)C(C)(C)C. The Bertz CT molecular complexity index is 261. The highest BCUT2D eigenvalue weighted by atomic mass is 16.2. The van der Waals surface area contributed by atoms with Crippen molar-refractivity contribution in [1.29, 1.82) is 0 Å². The summed E-state index contributed by atoms with van der Waals surface area (Å²) in [6.45, 7) is 10.1. The van der Waals surface area contributed by atoms with E-state index in [1.165, 1.54) is 0 Å². The van der Waals surface area contributed by atoms with Crippen molar-refractivity contribution in [2.24, 2.45) is 21.6 Å². The van der Waals surface area contributed by atoms with E-state index in [0.717, 1.165) is 0 Å². The largest absolute Gasteiger partial charge is 0.387 e. The van der Waals surface area contributed by atoms with Crippen LogP contribution in [0.2, 0.25) is 0 Å². The van der Waals surface area contributed by atoms with Crippen LogP contribution in [0.15, 0.2) is 4.99 Å². The maximum atomic E-state index is 11.5. The molecule has 0 saturated heterocycles. The lowest BCUT2D eigenvalue weighted by atomic mass is 9.91. The highest BCUT2D eigenvalue weighted by Crippen LogP contribution is 2.18. The topological polar surface area (TPSA) is 67.5 Å². The molecule has 88 valence electrons. The molecule has 0 aromatic carbocycles. The van der Waals surface area contributed by atoms with E-state index in [-0.39, 0.29) is 11.3 Å². The molecule has 0 unspecified atom stereocenters. The highest BCUT2D eigenvalue weighted by Gasteiger charge is 2.27. The maximum Gasteiger partial charge on any atom is 0.227 e. The smallest absolute Gasteiger partial charge is 0.227 e. The first-order chi connectivity index (χ1) is 6.61. The predicted molar refractivity (Wildman–Crippen MR) is 63.8 cm³/mol. The monoisotopic (exact) mass is 213 g/mol. The van der Waals surface area contributed by atoms with Gasteiger partial charge in [0, 0.05) is 12.5 Å². The summed E-state index contributed by atoms with van der Waals surface area (Å²) in [5, 5.41) is 2.62. The van der Waals surface area contributed by atoms with Crippen LogP contribution in [0.1, 0.15) is 34.6 Å². The summed E-state index contributed by atoms with van der Waals surface area (Å²) >= 11 is 0. The molecule has 0 bridgehead atoms. The molecule has 3 N–H and O–H groups in total. The van der Waals surface area contributed by atoms with Gasteiger partial charge in [0.25, 0.3) is 0 Å². The lowest BCUT2D eigenvalue weighted by molar-refractivity contribution is -0.128. The number of carbonyl (C=O) groups is 1. The first-order valence-electron chi connectivity index (χ1n) is 5.14. The van der Waals surface area contributed by atoms with Crippen molar-refractivity contribution in [3.05, 3.63) is 0 Å². The van der Waals surface area contributed by atoms with Gasteiger partial charge in [0.2, 0.25) is 5.91 Å². The number of nitrogens with zero attached hydrogens (tertiary/aromatic N) is 1. The molecule has 0 radical (unpaired) electrons. The molecule has 0 heterocycles. The fourth-order valence-electron chi connectivity index (χ4n) is 0.930. The first-order valence-corrected chi connectivity index (χ1v) is 5.14. The van der Waals surface area contributed by atoms with Crippen LogP contribution in [0.3, 0.4) is 0 Å². The van der Waals surface area contributed by atoms with Gasteiger partial charge in [-0.3, -0.25) is 9.79 Å². The summed E-state index contributed by atoms with van der Waals surface area (Å²) in [6.07, 6.45) is 0. The van der Waals surface area contributed by atoms with E-state index in [1.807, 2.05) is 34.6 Å². The van der Waals surface area contributed by atoms with E-state index in [9.17, 15) is 4.79 Å². The molecule has 1 amide bonds. The maximum absolute atomic E-state index is 11.5. The zero-order valence-corrected chi connectivity index (χ0v) is 10.6. The third-order valence-corrected chi connectivity index (χ3v) is 2.25. The molecule has 0 rings (SSSR count). The number of amides is 1. The minimum Gasteiger partial charge on any atom is -0.387 e. The van der Waals surface area contributed by atoms with Gasteiger partial charge in [0.05, 0.1) is 17.8 Å². The van der Waals surface area contributed by atoms with E-state index < -0.39 is 5.41 Å². The second kappa shape index (κ2) is 4.64. The van der Waals surface area contributed by atoms with Gasteiger partial charge in [0.1, 0.15) is 0 Å². The zero-order valence-electron chi connectivity index (χ0n) is 10.6. The number of rotatable bonds is 3. The van der Waals surface area contributed by atoms with Crippen LogP contribution in [0.5, 0.6) is 0 Å². The Labute approximate surface area is 92.3 Å². The molecule has 4 nitrogen and oxygen atoms in total. The van der Waals surface area contributed by atoms with Crippen LogP contribution in [0, 0.1) is 10.8 Å². The molecule has 15 heavy (non-hydrogen) atoms. The molecular weight excluding hydrogens is 190 g/mol. The molecule has 0 aromatic heterocycles. The Morgan fingerprint density at radius 2 is 1.73 bits per heavy atom. The van der Waals surface area contributed by atoms with E-state index in [2.05, 4.69) is 10.3 Å². The molecule has 0 saturated carbocycles. The minimum atomic E-state index is -0.509. The van der Waals surface area contributed by atoms with Gasteiger partial charge in [-0.15, -0.1) is 0 Å². The number of nitrogens with two attached hydrogens (primary N) is 1. The molecule has 0 aliphatic rings. The Kier molecular flexibility index (Phi) is 4.31. The van der Waals surface area contributed by atoms with E-state index in [4.69, 9.17) is 5.73 Å². The molecule has 0 atom stereocenters. The number of carbonyl (C=O) groups excluding carboxylic acids is 1. The van der Waals surface area contributed by atoms with E-state index in [0.29, 0.717) is 12.4 Å². The molecule has 0 fully saturated rings. The van der Waals surface area contributed by atoms with Gasteiger partial charge in [-0.2, -0.15) is 0 Å². The standard InChI is InChI=1S/C11H23N3O/c1-10(2,3)8(12)14-7-11(4,5)9(15)13-6/h7H2,1-6H3,(H2,12,14)(H,13,15). The zero-order chi connectivity index (χ0) is 12.3. The normalized spacial score (nSPS) is 13.9. The fourth-order valence-corrected chi connectivity index (χ4v) is 0.930. The van der Waals surface area contributed by atoms with Crippen molar-refractivity contribution >= 4 is 11.7 Å². The van der Waals surface area contributed by atoms with Crippen molar-refractivity contribution in [2.45, 2.75) is 34.6 Å². The van der Waals surface area contributed by atoms with Gasteiger partial charge in [0.15, 0.2) is 0 Å². The van der Waals surface area contributed by atoms with Gasteiger partial charge in [-0.1, -0.05) is 20.8 Å². The Morgan fingerprint density at radius 3 is 2.07 bits per heavy atom. The number of nitrogens with one attached hydrogen (secondary N) is 1. The van der Waals surface area contributed by atoms with Gasteiger partial charge in [-0.05, 0) is 13.8 Å². The highest BCUT2D eigenvalue weighted by molar-refractivity contribution is 5.86. The predicted octanol–water partition coefficient (Wildman–Crippen LogP) is 1.16. The van der Waals surface area contributed by atoms with Crippen molar-refractivity contribution in [3.63, 3.8) is 0 Å². The van der Waals surface area contributed by atoms with E-state index in [1.54, 1.807) is 7.05 Å². The van der Waals surface area contributed by atoms with Crippen LogP contribution in [0.4, 0.5) is 0 Å². The summed E-state index contributed by atoms with van der Waals surface area (Å²) in [6, 6.07) is 0. The lowest BCUT2D eigenvalue weighted by Gasteiger charge is -2.23. The quantitative estimate of drug-likeness (QED) is 0.545. The summed E-state index contributed by atoms with van der Waals surface area (Å²) in [5.41, 5.74) is 5.17. The van der Waals surface area contributed by atoms with Crippen LogP contribution < -0.4 is 11.1 Å². The molecular formula is C11H23N3O. The summed E-state index contributed by atoms with van der Waals surface area (Å²) in [7, 11) is 1.63. The Balaban J connectivity index is 4.57. The number of amidine groups is 1. The van der Waals surface area contributed by atoms with Gasteiger partial charge < -0.3 is 11.1 Å². The Hall–Kier alpha value is -1.06. The van der Waals surface area contributed by atoms with Crippen LogP contribution in [-0.2, 0) is 4.79 Å². The second-order valence-corrected chi connectivity index (χ2v) is 5.41. The molecule has 0 aliphatic heterocycles. The van der Waals surface area contributed by atoms with Crippen molar-refractivity contribution in [3.8, 4) is 0 Å². The van der Waals surface area contributed by atoms with Crippen LogP contribution >= 0.6 is 0 Å². The molecule has 4 heteroatoms. The van der Waals surface area contributed by atoms with Crippen LogP contribution in [0.25, 0.3) is 0 Å². The fraction of sp³-hybridized carbons (Fsp3) is 0.818. The van der Waals surface area contributed by atoms with Crippen molar-refractivity contribution in [2.75, 3.05) is 13.6 Å². The first kappa shape index (κ1) is 13.9. The van der Waals surface area contributed by atoms with Crippen LogP contribution in [-0.4, -0.2) is 25.3 Å². The third-order valence-electron chi connectivity index (χ3n) is 2.25. The summed E-state index contributed by atoms with van der Waals surface area (Å²) in [5.74, 6) is 0.562. The van der Waals surface area contributed by atoms with Gasteiger partial charge in [-0.25, -0.2) is 0 Å². The second-order valence-electron chi connectivity index (χ2n) is 5.41. The number of hydrogen-bond donors (Lipinski definition) is 2. The van der Waals surface area contributed by atoms with Crippen molar-refractivity contribution in [1.82, 2.24) is 5.32 Å². The Morgan fingerprint density at radius 1 is 1.27 bits per heavy atom. The number of aliphatic imine (C=N–C) groups is 1. The number of hydrogen-bond acceptors (Lipinski definition) is 2.